The van der Waals surface area contributed by atoms with Gasteiger partial charge in [0.05, 0.1) is 13.2 Å². The molecule has 0 N–H and O–H groups in total. The Balaban J connectivity index is 1.48. The molecule has 1 fully saturated rings. The average Bonchev–Trinajstić information content (AvgIpc) is 3.11. The number of benzene rings is 1. The van der Waals surface area contributed by atoms with Crippen molar-refractivity contribution in [2.45, 2.75) is 12.5 Å². The lowest BCUT2D eigenvalue weighted by molar-refractivity contribution is -0.123. The Morgan fingerprint density at radius 3 is 2.78 bits per heavy atom. The molecule has 124 valence electrons. The minimum Gasteiger partial charge on any atom is -0.387 e. The van der Waals surface area contributed by atoms with Crippen LogP contribution in [-0.4, -0.2) is 67.9 Å². The lowest BCUT2D eigenvalue weighted by Gasteiger charge is -2.28. The summed E-state index contributed by atoms with van der Waals surface area (Å²) in [6, 6.07) is 9.89. The third-order valence-electron chi connectivity index (χ3n) is 4.29. The highest BCUT2D eigenvalue weighted by atomic mass is 16.6. The van der Waals surface area contributed by atoms with Gasteiger partial charge in [-0.15, -0.1) is 0 Å². The summed E-state index contributed by atoms with van der Waals surface area (Å²) >= 11 is 0. The van der Waals surface area contributed by atoms with Crippen molar-refractivity contribution in [2.24, 2.45) is 5.16 Å². The van der Waals surface area contributed by atoms with Crippen molar-refractivity contribution < 1.29 is 14.4 Å². The Labute approximate surface area is 136 Å². The number of hydrogen-bond donors (Lipinski definition) is 0. The Kier molecular flexibility index (Phi) is 5.25. The molecule has 0 radical (unpaired) electrons. The van der Waals surface area contributed by atoms with Crippen LogP contribution >= 0.6 is 0 Å². The van der Waals surface area contributed by atoms with E-state index in [9.17, 15) is 4.79 Å². The molecule has 0 spiro atoms. The Morgan fingerprint density at radius 2 is 2.04 bits per heavy atom. The molecule has 0 unspecified atom stereocenters. The average molecular weight is 317 g/mol. The number of carbonyl (C=O) groups is 1. The molecular formula is C17H23N3O3. The Hall–Kier alpha value is -1.92. The summed E-state index contributed by atoms with van der Waals surface area (Å²) in [7, 11) is 1.82. The number of likely N-dealkylation sites (N-methyl/N-ethyl adjacent to an activating group) is 1. The molecular weight excluding hydrogens is 294 g/mol. The second-order valence-electron chi connectivity index (χ2n) is 5.93. The van der Waals surface area contributed by atoms with E-state index >= 15 is 0 Å². The molecule has 1 atom stereocenters. The van der Waals surface area contributed by atoms with Crippen LogP contribution in [0.15, 0.2) is 35.5 Å². The van der Waals surface area contributed by atoms with E-state index in [1.54, 1.807) is 4.90 Å². The molecule has 1 saturated heterocycles. The van der Waals surface area contributed by atoms with E-state index in [1.165, 1.54) is 0 Å². The van der Waals surface area contributed by atoms with Gasteiger partial charge in [0.15, 0.2) is 6.10 Å². The highest BCUT2D eigenvalue weighted by Gasteiger charge is 2.29. The van der Waals surface area contributed by atoms with E-state index in [0.29, 0.717) is 18.7 Å². The summed E-state index contributed by atoms with van der Waals surface area (Å²) in [5, 5.41) is 4.00. The summed E-state index contributed by atoms with van der Waals surface area (Å²) in [6.45, 7) is 4.97. The number of oxime groups is 1. The maximum Gasteiger partial charge on any atom is 0.271 e. The van der Waals surface area contributed by atoms with Crippen LogP contribution in [0, 0.1) is 0 Å². The normalized spacial score (nSPS) is 21.6. The second-order valence-corrected chi connectivity index (χ2v) is 5.93. The van der Waals surface area contributed by atoms with Gasteiger partial charge in [-0.05, 0) is 5.56 Å². The largest absolute Gasteiger partial charge is 0.387 e. The first-order chi connectivity index (χ1) is 11.2. The van der Waals surface area contributed by atoms with Gasteiger partial charge >= 0.3 is 0 Å². The summed E-state index contributed by atoms with van der Waals surface area (Å²) in [5.74, 6) is -0.0447. The van der Waals surface area contributed by atoms with Crippen molar-refractivity contribution in [3.8, 4) is 0 Å². The maximum absolute atomic E-state index is 12.5. The fourth-order valence-electron chi connectivity index (χ4n) is 2.79. The van der Waals surface area contributed by atoms with E-state index in [4.69, 9.17) is 9.57 Å². The van der Waals surface area contributed by atoms with Crippen LogP contribution in [0.3, 0.4) is 0 Å². The zero-order chi connectivity index (χ0) is 16.1. The van der Waals surface area contributed by atoms with Gasteiger partial charge in [0.1, 0.15) is 5.71 Å². The SMILES string of the molecule is CN(CCN1CCOCC1)C(=O)C1=NO[C@H](c2ccccc2)C1. The van der Waals surface area contributed by atoms with Gasteiger partial charge in [0.2, 0.25) is 0 Å². The monoisotopic (exact) mass is 317 g/mol. The third kappa shape index (κ3) is 4.09. The van der Waals surface area contributed by atoms with E-state index in [2.05, 4.69) is 10.1 Å². The summed E-state index contributed by atoms with van der Waals surface area (Å²) < 4.78 is 5.33. The molecule has 1 aromatic carbocycles. The van der Waals surface area contributed by atoms with Gasteiger partial charge in [-0.3, -0.25) is 9.69 Å². The lowest BCUT2D eigenvalue weighted by Crippen LogP contribution is -2.43. The number of carbonyl (C=O) groups excluding carboxylic acids is 1. The van der Waals surface area contributed by atoms with Crippen LogP contribution in [0.25, 0.3) is 0 Å². The minimum atomic E-state index is -0.150. The minimum absolute atomic E-state index is 0.0447. The van der Waals surface area contributed by atoms with Crippen LogP contribution in [0.2, 0.25) is 0 Å². The molecule has 0 bridgehead atoms. The van der Waals surface area contributed by atoms with Gasteiger partial charge in [-0.1, -0.05) is 35.5 Å². The van der Waals surface area contributed by atoms with Crippen LogP contribution in [0.1, 0.15) is 18.1 Å². The smallest absolute Gasteiger partial charge is 0.271 e. The maximum atomic E-state index is 12.5. The fourth-order valence-corrected chi connectivity index (χ4v) is 2.79. The molecule has 6 nitrogen and oxygen atoms in total. The van der Waals surface area contributed by atoms with Gasteiger partial charge in [-0.25, -0.2) is 0 Å². The number of amides is 1. The molecule has 0 aromatic heterocycles. The van der Waals surface area contributed by atoms with Crippen molar-refractivity contribution in [1.29, 1.82) is 0 Å². The Bertz CT molecular complexity index is 555. The number of ether oxygens (including phenoxy) is 1. The lowest BCUT2D eigenvalue weighted by atomic mass is 10.0. The van der Waals surface area contributed by atoms with E-state index in [-0.39, 0.29) is 12.0 Å². The third-order valence-corrected chi connectivity index (χ3v) is 4.29. The predicted molar refractivity (Wildman–Crippen MR) is 87.2 cm³/mol. The molecule has 0 saturated carbocycles. The molecule has 2 aliphatic rings. The molecule has 0 aliphatic carbocycles. The van der Waals surface area contributed by atoms with Crippen LogP contribution in [-0.2, 0) is 14.4 Å². The molecule has 6 heteroatoms. The van der Waals surface area contributed by atoms with Crippen LogP contribution < -0.4 is 0 Å². The second kappa shape index (κ2) is 7.57. The van der Waals surface area contributed by atoms with Gasteiger partial charge in [0.25, 0.3) is 5.91 Å². The number of rotatable bonds is 5. The first kappa shape index (κ1) is 16.0. The Morgan fingerprint density at radius 1 is 1.30 bits per heavy atom. The molecule has 3 rings (SSSR count). The van der Waals surface area contributed by atoms with Crippen LogP contribution in [0.4, 0.5) is 0 Å². The van der Waals surface area contributed by atoms with Crippen molar-refractivity contribution >= 4 is 11.6 Å². The summed E-state index contributed by atoms with van der Waals surface area (Å²) in [4.78, 5) is 21.9. The summed E-state index contributed by atoms with van der Waals surface area (Å²) in [6.07, 6.45) is 0.382. The van der Waals surface area contributed by atoms with Crippen LogP contribution in [0.5, 0.6) is 0 Å². The van der Waals surface area contributed by atoms with Gasteiger partial charge in [-0.2, -0.15) is 0 Å². The zero-order valence-electron chi connectivity index (χ0n) is 13.5. The highest BCUT2D eigenvalue weighted by Crippen LogP contribution is 2.27. The van der Waals surface area contributed by atoms with E-state index in [1.807, 2.05) is 37.4 Å². The number of morpholine rings is 1. The van der Waals surface area contributed by atoms with E-state index in [0.717, 1.165) is 38.4 Å². The molecule has 1 aromatic rings. The molecule has 2 heterocycles. The first-order valence-corrected chi connectivity index (χ1v) is 8.07. The highest BCUT2D eigenvalue weighted by molar-refractivity contribution is 6.39. The van der Waals surface area contributed by atoms with Crippen molar-refractivity contribution in [1.82, 2.24) is 9.80 Å². The van der Waals surface area contributed by atoms with Crippen molar-refractivity contribution in [3.05, 3.63) is 35.9 Å². The molecule has 1 amide bonds. The zero-order valence-corrected chi connectivity index (χ0v) is 13.5. The van der Waals surface area contributed by atoms with Crippen molar-refractivity contribution in [2.75, 3.05) is 46.4 Å². The van der Waals surface area contributed by atoms with Crippen molar-refractivity contribution in [3.63, 3.8) is 0 Å². The number of hydrogen-bond acceptors (Lipinski definition) is 5. The standard InChI is InChI=1S/C17H23N3O3/c1-19(7-8-20-9-11-22-12-10-20)17(21)15-13-16(23-18-15)14-5-3-2-4-6-14/h2-6,16H,7-13H2,1H3/t16-/m0/s1. The first-order valence-electron chi connectivity index (χ1n) is 8.07. The quantitative estimate of drug-likeness (QED) is 0.821. The van der Waals surface area contributed by atoms with Gasteiger partial charge < -0.3 is 14.5 Å². The molecule has 2 aliphatic heterocycles. The predicted octanol–water partition coefficient (Wildman–Crippen LogP) is 1.29. The van der Waals surface area contributed by atoms with E-state index < -0.39 is 0 Å². The molecule has 23 heavy (non-hydrogen) atoms. The number of nitrogens with zero attached hydrogens (tertiary/aromatic N) is 3. The van der Waals surface area contributed by atoms with Gasteiger partial charge in [0, 0.05) is 39.6 Å². The summed E-state index contributed by atoms with van der Waals surface area (Å²) in [5.41, 5.74) is 1.55. The fraction of sp³-hybridized carbons (Fsp3) is 0.529. The topological polar surface area (TPSA) is 54.4 Å².